The normalized spacial score (nSPS) is 10.6. The van der Waals surface area contributed by atoms with Gasteiger partial charge in [0.05, 0.1) is 6.54 Å². The Morgan fingerprint density at radius 2 is 2.17 bits per heavy atom. The fourth-order valence-corrected chi connectivity index (χ4v) is 1.79. The van der Waals surface area contributed by atoms with E-state index in [1.807, 2.05) is 25.7 Å². The zero-order chi connectivity index (χ0) is 13.7. The maximum absolute atomic E-state index is 11.7. The maximum Gasteiger partial charge on any atom is 0.239 e. The van der Waals surface area contributed by atoms with E-state index in [9.17, 15) is 4.79 Å². The van der Waals surface area contributed by atoms with E-state index >= 15 is 0 Å². The largest absolute Gasteiger partial charge is 0.352 e. The summed E-state index contributed by atoms with van der Waals surface area (Å²) in [6.07, 6.45) is 0. The summed E-state index contributed by atoms with van der Waals surface area (Å²) >= 11 is 5.89. The monoisotopic (exact) mass is 270 g/mol. The van der Waals surface area contributed by atoms with E-state index in [0.717, 1.165) is 0 Å². The molecule has 0 aliphatic heterocycles. The average Bonchev–Trinajstić information content (AvgIpc) is 2.23. The fraction of sp³-hybridized carbons (Fsp3) is 0.583. The summed E-state index contributed by atoms with van der Waals surface area (Å²) in [6.45, 7) is 8.55. The van der Waals surface area contributed by atoms with Crippen LogP contribution in [0.3, 0.4) is 0 Å². The Morgan fingerprint density at radius 3 is 2.67 bits per heavy atom. The first-order valence-electron chi connectivity index (χ1n) is 5.97. The van der Waals surface area contributed by atoms with Gasteiger partial charge in [0.1, 0.15) is 16.8 Å². The van der Waals surface area contributed by atoms with Crippen LogP contribution in [0.4, 0.5) is 5.82 Å². The van der Waals surface area contributed by atoms with Crippen molar-refractivity contribution in [2.45, 2.75) is 33.7 Å². The molecule has 0 aliphatic carbocycles. The smallest absolute Gasteiger partial charge is 0.239 e. The molecule has 0 spiro atoms. The molecule has 100 valence electrons. The predicted octanol–water partition coefficient (Wildman–Crippen LogP) is 1.79. The van der Waals surface area contributed by atoms with Crippen molar-refractivity contribution < 1.29 is 4.79 Å². The van der Waals surface area contributed by atoms with Crippen molar-refractivity contribution in [3.63, 3.8) is 0 Å². The van der Waals surface area contributed by atoms with Crippen LogP contribution in [-0.2, 0) is 4.79 Å². The maximum atomic E-state index is 11.7. The van der Waals surface area contributed by atoms with E-state index in [4.69, 9.17) is 11.6 Å². The van der Waals surface area contributed by atoms with Crippen molar-refractivity contribution in [2.24, 2.45) is 0 Å². The van der Waals surface area contributed by atoms with Gasteiger partial charge in [-0.3, -0.25) is 4.79 Å². The van der Waals surface area contributed by atoms with Crippen LogP contribution in [0.1, 0.15) is 26.6 Å². The second-order valence-corrected chi connectivity index (χ2v) is 4.72. The highest BCUT2D eigenvalue weighted by Crippen LogP contribution is 2.15. The zero-order valence-electron chi connectivity index (χ0n) is 11.2. The van der Waals surface area contributed by atoms with Gasteiger partial charge in [-0.15, -0.1) is 0 Å². The molecule has 0 fully saturated rings. The highest BCUT2D eigenvalue weighted by atomic mass is 35.5. The Bertz CT molecular complexity index is 402. The van der Waals surface area contributed by atoms with Crippen molar-refractivity contribution in [3.05, 3.63) is 17.0 Å². The van der Waals surface area contributed by atoms with E-state index in [2.05, 4.69) is 15.3 Å². The first-order chi connectivity index (χ1) is 8.42. The van der Waals surface area contributed by atoms with Gasteiger partial charge >= 0.3 is 0 Å². The highest BCUT2D eigenvalue weighted by Gasteiger charge is 2.13. The predicted molar refractivity (Wildman–Crippen MR) is 72.9 cm³/mol. The van der Waals surface area contributed by atoms with E-state index < -0.39 is 0 Å². The molecule has 5 nitrogen and oxygen atoms in total. The second-order valence-electron chi connectivity index (χ2n) is 4.33. The fourth-order valence-electron chi connectivity index (χ4n) is 1.57. The van der Waals surface area contributed by atoms with Crippen molar-refractivity contribution in [2.75, 3.05) is 18.0 Å². The van der Waals surface area contributed by atoms with Crippen LogP contribution >= 0.6 is 11.6 Å². The molecule has 0 saturated carbocycles. The molecule has 0 unspecified atom stereocenters. The Balaban J connectivity index is 2.79. The van der Waals surface area contributed by atoms with Gasteiger partial charge < -0.3 is 10.2 Å². The summed E-state index contributed by atoms with van der Waals surface area (Å²) in [5, 5.41) is 3.24. The summed E-state index contributed by atoms with van der Waals surface area (Å²) in [5.41, 5.74) is 0. The molecule has 0 aliphatic rings. The van der Waals surface area contributed by atoms with Gasteiger partial charge in [0.25, 0.3) is 0 Å². The molecule has 18 heavy (non-hydrogen) atoms. The van der Waals surface area contributed by atoms with Crippen molar-refractivity contribution >= 4 is 23.3 Å². The third-order valence-electron chi connectivity index (χ3n) is 2.28. The summed E-state index contributed by atoms with van der Waals surface area (Å²) in [5.74, 6) is 1.24. The Labute approximate surface area is 113 Å². The molecule has 0 atom stereocenters. The number of hydrogen-bond donors (Lipinski definition) is 1. The molecule has 1 heterocycles. The number of halogens is 1. The first-order valence-corrected chi connectivity index (χ1v) is 6.35. The number of nitrogens with zero attached hydrogens (tertiary/aromatic N) is 3. The number of carbonyl (C=O) groups excluding carboxylic acids is 1. The average molecular weight is 271 g/mol. The Kier molecular flexibility index (Phi) is 5.34. The molecule has 1 rings (SSSR count). The van der Waals surface area contributed by atoms with Crippen LogP contribution in [0, 0.1) is 6.92 Å². The number of nitrogens with one attached hydrogen (secondary N) is 1. The lowest BCUT2D eigenvalue weighted by atomic mass is 10.3. The minimum atomic E-state index is -0.0285. The quantitative estimate of drug-likeness (QED) is 0.829. The first kappa shape index (κ1) is 14.7. The lowest BCUT2D eigenvalue weighted by molar-refractivity contribution is -0.120. The lowest BCUT2D eigenvalue weighted by Gasteiger charge is -2.22. The third-order valence-corrected chi connectivity index (χ3v) is 2.48. The molecule has 1 N–H and O–H groups in total. The van der Waals surface area contributed by atoms with Crippen LogP contribution < -0.4 is 10.2 Å². The number of rotatable bonds is 5. The third kappa shape index (κ3) is 4.49. The Morgan fingerprint density at radius 1 is 1.50 bits per heavy atom. The van der Waals surface area contributed by atoms with Gasteiger partial charge in [-0.25, -0.2) is 9.97 Å². The van der Waals surface area contributed by atoms with Gasteiger partial charge in [0, 0.05) is 18.7 Å². The van der Waals surface area contributed by atoms with Gasteiger partial charge in [-0.2, -0.15) is 0 Å². The van der Waals surface area contributed by atoms with E-state index in [1.165, 1.54) is 0 Å². The molecule has 0 saturated heterocycles. The minimum absolute atomic E-state index is 0.0285. The summed E-state index contributed by atoms with van der Waals surface area (Å²) < 4.78 is 0. The molecular formula is C12H19ClN4O. The zero-order valence-corrected chi connectivity index (χ0v) is 12.0. The van der Waals surface area contributed by atoms with E-state index in [0.29, 0.717) is 23.3 Å². The van der Waals surface area contributed by atoms with Crippen molar-refractivity contribution in [1.29, 1.82) is 0 Å². The number of aryl methyl sites for hydroxylation is 1. The number of anilines is 1. The summed E-state index contributed by atoms with van der Waals surface area (Å²) in [6, 6.07) is 1.80. The van der Waals surface area contributed by atoms with E-state index in [-0.39, 0.29) is 18.5 Å². The summed E-state index contributed by atoms with van der Waals surface area (Å²) in [7, 11) is 0. The van der Waals surface area contributed by atoms with Gasteiger partial charge in [-0.05, 0) is 27.7 Å². The van der Waals surface area contributed by atoms with E-state index in [1.54, 1.807) is 13.0 Å². The number of hydrogen-bond acceptors (Lipinski definition) is 4. The van der Waals surface area contributed by atoms with Gasteiger partial charge in [-0.1, -0.05) is 11.6 Å². The number of aromatic nitrogens is 2. The van der Waals surface area contributed by atoms with Crippen LogP contribution in [0.5, 0.6) is 0 Å². The number of amides is 1. The number of likely N-dealkylation sites (N-methyl/N-ethyl adjacent to an activating group) is 1. The topological polar surface area (TPSA) is 58.1 Å². The van der Waals surface area contributed by atoms with Crippen molar-refractivity contribution in [1.82, 2.24) is 15.3 Å². The van der Waals surface area contributed by atoms with Gasteiger partial charge in [0.15, 0.2) is 0 Å². The lowest BCUT2D eigenvalue weighted by Crippen LogP contribution is -2.40. The second kappa shape index (κ2) is 6.54. The van der Waals surface area contributed by atoms with Crippen LogP contribution in [0.25, 0.3) is 0 Å². The van der Waals surface area contributed by atoms with Crippen LogP contribution in [0.2, 0.25) is 5.15 Å². The molecular weight excluding hydrogens is 252 g/mol. The molecule has 6 heteroatoms. The number of carbonyl (C=O) groups is 1. The van der Waals surface area contributed by atoms with Crippen LogP contribution in [0.15, 0.2) is 6.07 Å². The van der Waals surface area contributed by atoms with Gasteiger partial charge in [0.2, 0.25) is 5.91 Å². The van der Waals surface area contributed by atoms with Crippen molar-refractivity contribution in [3.8, 4) is 0 Å². The molecule has 0 bridgehead atoms. The molecule has 0 radical (unpaired) electrons. The van der Waals surface area contributed by atoms with Crippen LogP contribution in [-0.4, -0.2) is 35.0 Å². The molecule has 1 aromatic rings. The molecule has 1 amide bonds. The SMILES string of the molecule is CCN(CC(=O)NC(C)C)c1cc(Cl)nc(C)n1. The standard InChI is InChI=1S/C12H19ClN4O/c1-5-17(7-12(18)14-8(2)3)11-6-10(13)15-9(4)16-11/h6,8H,5,7H2,1-4H3,(H,14,18). The molecule has 1 aromatic heterocycles. The highest BCUT2D eigenvalue weighted by molar-refractivity contribution is 6.29. The molecule has 0 aromatic carbocycles. The summed E-state index contributed by atoms with van der Waals surface area (Å²) in [4.78, 5) is 21.9. The Hall–Kier alpha value is -1.36. The minimum Gasteiger partial charge on any atom is -0.352 e.